The third-order valence-corrected chi connectivity index (χ3v) is 4.10. The second-order valence-electron chi connectivity index (χ2n) is 6.25. The highest BCUT2D eigenvalue weighted by Crippen LogP contribution is 2.24. The van der Waals surface area contributed by atoms with Gasteiger partial charge < -0.3 is 10.7 Å². The highest BCUT2D eigenvalue weighted by Gasteiger charge is 2.29. The molecule has 0 saturated carbocycles. The van der Waals surface area contributed by atoms with Gasteiger partial charge in [0.2, 0.25) is 0 Å². The second kappa shape index (κ2) is 5.82. The van der Waals surface area contributed by atoms with Crippen LogP contribution in [-0.4, -0.2) is 22.6 Å². The molecule has 1 heterocycles. The predicted octanol–water partition coefficient (Wildman–Crippen LogP) is 2.61. The van der Waals surface area contributed by atoms with E-state index in [9.17, 15) is 9.59 Å². The van der Waals surface area contributed by atoms with Crippen LogP contribution in [0.3, 0.4) is 0 Å². The number of hydrogen-bond acceptors (Lipinski definition) is 3. The van der Waals surface area contributed by atoms with Crippen LogP contribution in [0.5, 0.6) is 0 Å². The fraction of sp³-hybridized carbons (Fsp3) is 0.412. The fourth-order valence-electron chi connectivity index (χ4n) is 2.34. The molecule has 0 amide bonds. The van der Waals surface area contributed by atoms with Gasteiger partial charge in [0.1, 0.15) is 5.78 Å². The minimum atomic E-state index is -0.644. The molecule has 0 fully saturated rings. The Balaban J connectivity index is 2.09. The van der Waals surface area contributed by atoms with E-state index in [-0.39, 0.29) is 18.0 Å². The Kier molecular flexibility index (Phi) is 4.28. The predicted molar refractivity (Wildman–Crippen MR) is 84.1 cm³/mol. The summed E-state index contributed by atoms with van der Waals surface area (Å²) in [4.78, 5) is 26.9. The van der Waals surface area contributed by atoms with E-state index < -0.39 is 11.5 Å². The van der Waals surface area contributed by atoms with Gasteiger partial charge in [0.05, 0.1) is 6.04 Å². The molecule has 4 nitrogen and oxygen atoms in total. The van der Waals surface area contributed by atoms with E-state index in [0.717, 1.165) is 16.5 Å². The van der Waals surface area contributed by atoms with Crippen molar-refractivity contribution in [2.24, 2.45) is 11.1 Å². The molecule has 0 aliphatic rings. The van der Waals surface area contributed by atoms with Gasteiger partial charge in [-0.15, -0.1) is 0 Å². The summed E-state index contributed by atoms with van der Waals surface area (Å²) in [6, 6.07) is 7.35. The lowest BCUT2D eigenvalue weighted by Crippen LogP contribution is -2.37. The van der Waals surface area contributed by atoms with Crippen molar-refractivity contribution in [3.63, 3.8) is 0 Å². The van der Waals surface area contributed by atoms with E-state index in [0.29, 0.717) is 6.42 Å². The molecule has 0 spiro atoms. The zero-order valence-corrected chi connectivity index (χ0v) is 12.8. The third kappa shape index (κ3) is 3.39. The molecule has 2 aromatic rings. The minimum Gasteiger partial charge on any atom is -0.361 e. The molecule has 0 aliphatic heterocycles. The van der Waals surface area contributed by atoms with E-state index in [1.807, 2.05) is 30.5 Å². The molecule has 0 saturated heterocycles. The van der Waals surface area contributed by atoms with Gasteiger partial charge in [-0.25, -0.2) is 0 Å². The van der Waals surface area contributed by atoms with Crippen molar-refractivity contribution >= 4 is 22.5 Å². The molecule has 4 heteroatoms. The number of rotatable bonds is 6. The average molecular weight is 286 g/mol. The summed E-state index contributed by atoms with van der Waals surface area (Å²) in [5.41, 5.74) is 7.46. The highest BCUT2D eigenvalue weighted by molar-refractivity contribution is 5.92. The quantitative estimate of drug-likeness (QED) is 0.857. The summed E-state index contributed by atoms with van der Waals surface area (Å²) in [6.45, 7) is 5.08. The molecule has 1 aromatic heterocycles. The monoisotopic (exact) mass is 286 g/mol. The molecule has 3 N–H and O–H groups in total. The minimum absolute atomic E-state index is 0.00939. The first kappa shape index (κ1) is 15.4. The van der Waals surface area contributed by atoms with Gasteiger partial charge in [0.15, 0.2) is 5.78 Å². The maximum absolute atomic E-state index is 12.2. The lowest BCUT2D eigenvalue weighted by atomic mass is 9.81. The summed E-state index contributed by atoms with van der Waals surface area (Å²) in [5, 5.41) is 1.09. The highest BCUT2D eigenvalue weighted by atomic mass is 16.1. The molecule has 1 aromatic carbocycles. The van der Waals surface area contributed by atoms with Crippen molar-refractivity contribution in [1.29, 1.82) is 0 Å². The number of carbonyl (C=O) groups excluding carboxylic acids is 2. The normalized spacial score (nSPS) is 13.3. The lowest BCUT2D eigenvalue weighted by Gasteiger charge is -2.22. The number of fused-ring (bicyclic) bond motifs is 1. The first-order valence-electron chi connectivity index (χ1n) is 7.15. The summed E-state index contributed by atoms with van der Waals surface area (Å²) >= 11 is 0. The van der Waals surface area contributed by atoms with Gasteiger partial charge >= 0.3 is 0 Å². The van der Waals surface area contributed by atoms with Crippen LogP contribution in [0.25, 0.3) is 10.9 Å². The molecule has 0 bridgehead atoms. The number of aromatic amines is 1. The second-order valence-corrected chi connectivity index (χ2v) is 6.25. The maximum atomic E-state index is 12.2. The van der Waals surface area contributed by atoms with E-state index in [1.54, 1.807) is 13.8 Å². The maximum Gasteiger partial charge on any atom is 0.150 e. The van der Waals surface area contributed by atoms with Gasteiger partial charge in [-0.2, -0.15) is 0 Å². The standard InChI is InChI=1S/C17H22N2O2/c1-11(20)17(2,3)9-16(21)14(18)8-12-10-19-15-7-5-4-6-13(12)15/h4-7,10,14,19H,8-9,18H2,1-3H3. The summed E-state index contributed by atoms with van der Waals surface area (Å²) in [6.07, 6.45) is 2.57. The van der Waals surface area contributed by atoms with Crippen molar-refractivity contribution in [2.45, 2.75) is 39.7 Å². The van der Waals surface area contributed by atoms with E-state index in [2.05, 4.69) is 4.98 Å². The van der Waals surface area contributed by atoms with Crippen LogP contribution in [0.15, 0.2) is 30.5 Å². The molecular weight excluding hydrogens is 264 g/mol. The smallest absolute Gasteiger partial charge is 0.150 e. The van der Waals surface area contributed by atoms with E-state index in [4.69, 9.17) is 5.73 Å². The summed E-state index contributed by atoms with van der Waals surface area (Å²) in [7, 11) is 0. The number of aromatic nitrogens is 1. The number of nitrogens with one attached hydrogen (secondary N) is 1. The zero-order valence-electron chi connectivity index (χ0n) is 12.8. The van der Waals surface area contributed by atoms with Gasteiger partial charge in [-0.1, -0.05) is 32.0 Å². The topological polar surface area (TPSA) is 75.9 Å². The van der Waals surface area contributed by atoms with Crippen molar-refractivity contribution in [2.75, 3.05) is 0 Å². The SMILES string of the molecule is CC(=O)C(C)(C)CC(=O)C(N)Cc1c[nH]c2ccccc12. The van der Waals surface area contributed by atoms with E-state index in [1.165, 1.54) is 6.92 Å². The Morgan fingerprint density at radius 3 is 2.62 bits per heavy atom. The van der Waals surface area contributed by atoms with Gasteiger partial charge in [0.25, 0.3) is 0 Å². The average Bonchev–Trinajstić information content (AvgIpc) is 2.81. The first-order valence-corrected chi connectivity index (χ1v) is 7.15. The Bertz CT molecular complexity index is 670. The number of para-hydroxylation sites is 1. The molecule has 1 unspecified atom stereocenters. The number of benzene rings is 1. The van der Waals surface area contributed by atoms with Gasteiger partial charge in [-0.05, 0) is 25.0 Å². The summed E-state index contributed by atoms with van der Waals surface area (Å²) < 4.78 is 0. The molecule has 0 radical (unpaired) electrons. The third-order valence-electron chi connectivity index (χ3n) is 4.10. The van der Waals surface area contributed by atoms with Gasteiger partial charge in [-0.3, -0.25) is 9.59 Å². The molecule has 2 rings (SSSR count). The van der Waals surface area contributed by atoms with E-state index >= 15 is 0 Å². The molecular formula is C17H22N2O2. The van der Waals surface area contributed by atoms with Crippen LogP contribution < -0.4 is 5.73 Å². The molecule has 0 aliphatic carbocycles. The Morgan fingerprint density at radius 2 is 1.95 bits per heavy atom. The van der Waals surface area contributed by atoms with Crippen molar-refractivity contribution in [3.8, 4) is 0 Å². The van der Waals surface area contributed by atoms with Crippen molar-refractivity contribution in [3.05, 3.63) is 36.0 Å². The van der Waals surface area contributed by atoms with Crippen LogP contribution in [0, 0.1) is 5.41 Å². The van der Waals surface area contributed by atoms with Crippen LogP contribution in [0.2, 0.25) is 0 Å². The Hall–Kier alpha value is -1.94. The van der Waals surface area contributed by atoms with Crippen molar-refractivity contribution in [1.82, 2.24) is 4.98 Å². The first-order chi connectivity index (χ1) is 9.81. The lowest BCUT2D eigenvalue weighted by molar-refractivity contribution is -0.131. The number of nitrogens with two attached hydrogens (primary N) is 1. The number of Topliss-reactive ketones (excluding diaryl/α,β-unsaturated/α-hetero) is 2. The van der Waals surface area contributed by atoms with Crippen LogP contribution in [-0.2, 0) is 16.0 Å². The number of ketones is 2. The summed E-state index contributed by atoms with van der Waals surface area (Å²) in [5.74, 6) is -0.0596. The number of hydrogen-bond donors (Lipinski definition) is 2. The largest absolute Gasteiger partial charge is 0.361 e. The molecule has 21 heavy (non-hydrogen) atoms. The number of H-pyrrole nitrogens is 1. The van der Waals surface area contributed by atoms with Crippen molar-refractivity contribution < 1.29 is 9.59 Å². The van der Waals surface area contributed by atoms with Crippen LogP contribution >= 0.6 is 0 Å². The Morgan fingerprint density at radius 1 is 1.29 bits per heavy atom. The molecule has 1 atom stereocenters. The van der Waals surface area contributed by atoms with Gasteiger partial charge in [0, 0.05) is 28.9 Å². The Labute approximate surface area is 124 Å². The van der Waals surface area contributed by atoms with Crippen LogP contribution in [0.4, 0.5) is 0 Å². The number of carbonyl (C=O) groups is 2. The zero-order chi connectivity index (χ0) is 15.6. The fourth-order valence-corrected chi connectivity index (χ4v) is 2.34. The van der Waals surface area contributed by atoms with Crippen LogP contribution in [0.1, 0.15) is 32.8 Å². The molecule has 112 valence electrons.